The lowest BCUT2D eigenvalue weighted by atomic mass is 9.59. The van der Waals surface area contributed by atoms with Gasteiger partial charge >= 0.3 is 0 Å². The number of hydrogen-bond acceptors (Lipinski definition) is 4. The lowest BCUT2D eigenvalue weighted by Gasteiger charge is -2.47. The molecule has 2 fully saturated rings. The quantitative estimate of drug-likeness (QED) is 0.372. The van der Waals surface area contributed by atoms with Crippen molar-refractivity contribution in [3.05, 3.63) is 92.7 Å². The Morgan fingerprint density at radius 1 is 0.949 bits per heavy atom. The number of nitrogens with one attached hydrogen (secondary N) is 3. The molecule has 3 heterocycles. The fraction of sp³-hybridized carbons (Fsp3) is 0.333. The van der Waals surface area contributed by atoms with Crippen LogP contribution in [-0.4, -0.2) is 31.0 Å². The van der Waals surface area contributed by atoms with Crippen molar-refractivity contribution in [2.24, 2.45) is 0 Å². The van der Waals surface area contributed by atoms with Crippen molar-refractivity contribution >= 4 is 40.7 Å². The van der Waals surface area contributed by atoms with E-state index in [2.05, 4.69) is 16.0 Å². The third-order valence-corrected chi connectivity index (χ3v) is 8.70. The van der Waals surface area contributed by atoms with Crippen LogP contribution in [0, 0.1) is 12.7 Å². The van der Waals surface area contributed by atoms with E-state index >= 15 is 0 Å². The Hall–Kier alpha value is -3.13. The second-order valence-electron chi connectivity index (χ2n) is 10.5. The first-order chi connectivity index (χ1) is 18.8. The van der Waals surface area contributed by atoms with Crippen molar-refractivity contribution < 1.29 is 18.7 Å². The van der Waals surface area contributed by atoms with Gasteiger partial charge in [0.15, 0.2) is 0 Å². The molecule has 0 radical (unpaired) electrons. The lowest BCUT2D eigenvalue weighted by Crippen LogP contribution is -2.57. The monoisotopic (exact) mass is 567 g/mol. The van der Waals surface area contributed by atoms with Crippen molar-refractivity contribution in [1.29, 1.82) is 0 Å². The van der Waals surface area contributed by atoms with E-state index in [4.69, 9.17) is 27.9 Å². The van der Waals surface area contributed by atoms with Crippen LogP contribution in [0.25, 0.3) is 0 Å². The summed E-state index contributed by atoms with van der Waals surface area (Å²) >= 11 is 12.8. The van der Waals surface area contributed by atoms with Crippen LogP contribution in [0.4, 0.5) is 10.1 Å². The molecule has 2 amide bonds. The summed E-state index contributed by atoms with van der Waals surface area (Å²) in [5.74, 6) is -1.06. The number of aryl methyl sites for hydroxylation is 1. The van der Waals surface area contributed by atoms with E-state index in [-0.39, 0.29) is 24.3 Å². The Morgan fingerprint density at radius 2 is 1.69 bits per heavy atom. The Balaban J connectivity index is 1.59. The fourth-order valence-electron chi connectivity index (χ4n) is 6.43. The van der Waals surface area contributed by atoms with Gasteiger partial charge in [-0.1, -0.05) is 35.3 Å². The molecule has 202 valence electrons. The molecular formula is C30H28Cl2FN3O3. The topological polar surface area (TPSA) is 79.5 Å². The van der Waals surface area contributed by atoms with Gasteiger partial charge in [-0.05, 0) is 92.0 Å². The number of anilines is 1. The zero-order valence-corrected chi connectivity index (χ0v) is 22.8. The molecule has 3 aliphatic rings. The maximum Gasteiger partial charge on any atom is 0.238 e. The molecule has 0 bridgehead atoms. The van der Waals surface area contributed by atoms with Crippen LogP contribution in [0.2, 0.25) is 10.0 Å². The van der Waals surface area contributed by atoms with E-state index < -0.39 is 23.2 Å². The molecule has 3 aliphatic heterocycles. The van der Waals surface area contributed by atoms with Gasteiger partial charge in [0.1, 0.15) is 23.1 Å². The number of benzene rings is 3. The minimum Gasteiger partial charge on any atom is -0.490 e. The van der Waals surface area contributed by atoms with Crippen LogP contribution in [0.1, 0.15) is 53.5 Å². The standard InChI is InChI=1S/C30H28Cl2FN3O3/c1-16-2-5-19(33)14-21(16)28-30(23-6-3-18(32)13-25(23)35-29(30)38)24(15-27(37)36-28)22-12-17(31)4-7-26(22)39-20-8-10-34-11-9-20/h2-7,12-14,20,24,28,34H,8-11,15H2,1H3,(H,35,38)(H,36,37)/t24-,28+,30-/m1/s1. The molecule has 0 aliphatic carbocycles. The molecule has 0 unspecified atom stereocenters. The Morgan fingerprint density at radius 3 is 2.49 bits per heavy atom. The largest absolute Gasteiger partial charge is 0.490 e. The summed E-state index contributed by atoms with van der Waals surface area (Å²) in [5, 5.41) is 10.3. The summed E-state index contributed by atoms with van der Waals surface area (Å²) in [6.45, 7) is 3.54. The summed E-state index contributed by atoms with van der Waals surface area (Å²) in [5.41, 5.74) is 1.90. The highest BCUT2D eigenvalue weighted by molar-refractivity contribution is 6.31. The first-order valence-corrected chi connectivity index (χ1v) is 13.9. The molecule has 39 heavy (non-hydrogen) atoms. The molecule has 3 aromatic rings. The second-order valence-corrected chi connectivity index (χ2v) is 11.4. The summed E-state index contributed by atoms with van der Waals surface area (Å²) in [4.78, 5) is 27.7. The average molecular weight is 568 g/mol. The number of piperidine rings is 2. The van der Waals surface area contributed by atoms with Gasteiger partial charge < -0.3 is 20.7 Å². The minimum absolute atomic E-state index is 0.00991. The summed E-state index contributed by atoms with van der Waals surface area (Å²) in [7, 11) is 0. The Kier molecular flexibility index (Phi) is 6.78. The highest BCUT2D eigenvalue weighted by Crippen LogP contribution is 2.59. The number of rotatable bonds is 4. The van der Waals surface area contributed by atoms with Crippen LogP contribution in [0.5, 0.6) is 5.75 Å². The average Bonchev–Trinajstić information content (AvgIpc) is 3.19. The Bertz CT molecular complexity index is 1480. The van der Waals surface area contributed by atoms with Gasteiger partial charge in [0.2, 0.25) is 11.8 Å². The molecule has 0 saturated carbocycles. The smallest absolute Gasteiger partial charge is 0.238 e. The number of ether oxygens (including phenoxy) is 1. The van der Waals surface area contributed by atoms with E-state index in [1.165, 1.54) is 12.1 Å². The van der Waals surface area contributed by atoms with Crippen molar-refractivity contribution in [2.45, 2.75) is 49.7 Å². The summed E-state index contributed by atoms with van der Waals surface area (Å²) < 4.78 is 21.2. The van der Waals surface area contributed by atoms with Gasteiger partial charge in [-0.2, -0.15) is 0 Å². The van der Waals surface area contributed by atoms with Crippen LogP contribution < -0.4 is 20.7 Å². The SMILES string of the molecule is Cc1ccc(F)cc1[C@@H]1NC(=O)C[C@H](c2cc(Cl)ccc2OC2CCNCC2)[C@@]12C(=O)Nc1cc(Cl)ccc12. The number of amides is 2. The van der Waals surface area contributed by atoms with Crippen LogP contribution >= 0.6 is 23.2 Å². The molecule has 3 aromatic carbocycles. The molecule has 1 spiro atoms. The highest BCUT2D eigenvalue weighted by atomic mass is 35.5. The van der Waals surface area contributed by atoms with Crippen molar-refractivity contribution in [2.75, 3.05) is 18.4 Å². The number of carbonyl (C=O) groups is 2. The maximum absolute atomic E-state index is 14.6. The predicted octanol–water partition coefficient (Wildman–Crippen LogP) is 5.81. The van der Waals surface area contributed by atoms with Crippen LogP contribution in [-0.2, 0) is 15.0 Å². The van der Waals surface area contributed by atoms with Crippen molar-refractivity contribution in [3.8, 4) is 5.75 Å². The normalized spacial score (nSPS) is 24.8. The van der Waals surface area contributed by atoms with E-state index in [0.717, 1.165) is 31.5 Å². The van der Waals surface area contributed by atoms with Gasteiger partial charge in [-0.25, -0.2) is 4.39 Å². The Labute approximate surface area is 236 Å². The molecule has 9 heteroatoms. The number of fused-ring (bicyclic) bond motifs is 2. The molecule has 6 nitrogen and oxygen atoms in total. The first kappa shape index (κ1) is 26.1. The van der Waals surface area contributed by atoms with Crippen LogP contribution in [0.3, 0.4) is 0 Å². The number of carbonyl (C=O) groups excluding carboxylic acids is 2. The molecule has 2 saturated heterocycles. The zero-order valence-electron chi connectivity index (χ0n) is 21.3. The van der Waals surface area contributed by atoms with Crippen LogP contribution in [0.15, 0.2) is 54.6 Å². The number of halogens is 3. The molecule has 0 aromatic heterocycles. The van der Waals surface area contributed by atoms with Gasteiger partial charge in [-0.3, -0.25) is 9.59 Å². The molecule has 3 atom stereocenters. The minimum atomic E-state index is -1.32. The van der Waals surface area contributed by atoms with Crippen molar-refractivity contribution in [3.63, 3.8) is 0 Å². The first-order valence-electron chi connectivity index (χ1n) is 13.1. The number of hydrogen-bond donors (Lipinski definition) is 3. The van der Waals surface area contributed by atoms with Gasteiger partial charge in [0.05, 0.1) is 6.04 Å². The molecule has 3 N–H and O–H groups in total. The second kappa shape index (κ2) is 10.1. The van der Waals surface area contributed by atoms with E-state index in [9.17, 15) is 14.0 Å². The fourth-order valence-corrected chi connectivity index (χ4v) is 6.79. The lowest BCUT2D eigenvalue weighted by molar-refractivity contribution is -0.131. The van der Waals surface area contributed by atoms with E-state index in [0.29, 0.717) is 38.2 Å². The summed E-state index contributed by atoms with van der Waals surface area (Å²) in [6, 6.07) is 14.2. The van der Waals surface area contributed by atoms with E-state index in [1.54, 1.807) is 30.3 Å². The molecular weight excluding hydrogens is 540 g/mol. The maximum atomic E-state index is 14.6. The van der Waals surface area contributed by atoms with Gasteiger partial charge in [0, 0.05) is 33.6 Å². The van der Waals surface area contributed by atoms with Gasteiger partial charge in [-0.15, -0.1) is 0 Å². The zero-order chi connectivity index (χ0) is 27.3. The summed E-state index contributed by atoms with van der Waals surface area (Å²) in [6.07, 6.45) is 1.68. The predicted molar refractivity (Wildman–Crippen MR) is 149 cm³/mol. The van der Waals surface area contributed by atoms with Gasteiger partial charge in [0.25, 0.3) is 0 Å². The highest BCUT2D eigenvalue weighted by Gasteiger charge is 2.62. The third kappa shape index (κ3) is 4.46. The third-order valence-electron chi connectivity index (χ3n) is 8.23. The van der Waals surface area contributed by atoms with Crippen molar-refractivity contribution in [1.82, 2.24) is 10.6 Å². The molecule has 6 rings (SSSR count). The van der Waals surface area contributed by atoms with E-state index in [1.807, 2.05) is 19.1 Å².